The smallest absolute Gasteiger partial charge is 0.193 e. The lowest BCUT2D eigenvalue weighted by atomic mass is 10.2. The van der Waals surface area contributed by atoms with Crippen LogP contribution in [0.15, 0.2) is 35.3 Å². The van der Waals surface area contributed by atoms with Gasteiger partial charge in [-0.15, -0.1) is 0 Å². The molecule has 0 saturated carbocycles. The first-order valence-electron chi connectivity index (χ1n) is 5.91. The molecule has 1 aliphatic heterocycles. The van der Waals surface area contributed by atoms with Gasteiger partial charge in [-0.05, 0) is 25.0 Å². The summed E-state index contributed by atoms with van der Waals surface area (Å²) >= 11 is 0. The van der Waals surface area contributed by atoms with E-state index in [9.17, 15) is 8.42 Å². The molecule has 1 aromatic rings. The van der Waals surface area contributed by atoms with Gasteiger partial charge in [0, 0.05) is 5.69 Å². The van der Waals surface area contributed by atoms with Gasteiger partial charge in [0.2, 0.25) is 0 Å². The van der Waals surface area contributed by atoms with Crippen molar-refractivity contribution in [2.24, 2.45) is 10.7 Å². The van der Waals surface area contributed by atoms with Crippen LogP contribution in [0.25, 0.3) is 0 Å². The molecular formula is C12H17N3O2S. The largest absolute Gasteiger partial charge is 0.370 e. The molecule has 2 rings (SSSR count). The zero-order valence-electron chi connectivity index (χ0n) is 10.0. The number of hydrogen-bond acceptors (Lipinski definition) is 3. The molecule has 6 heteroatoms. The molecule has 18 heavy (non-hydrogen) atoms. The van der Waals surface area contributed by atoms with Crippen LogP contribution < -0.4 is 11.1 Å². The standard InChI is InChI=1S/C12H17N3O2S/c13-12(14-10-5-2-1-3-6-10)15-11-7-4-8-18(16,17)9-11/h1-3,5-6,11H,4,7-9H2,(H3,13,14,15). The Morgan fingerprint density at radius 3 is 2.72 bits per heavy atom. The van der Waals surface area contributed by atoms with Gasteiger partial charge in [0.05, 0.1) is 17.5 Å². The van der Waals surface area contributed by atoms with Gasteiger partial charge < -0.3 is 11.1 Å². The highest BCUT2D eigenvalue weighted by Crippen LogP contribution is 2.15. The fraction of sp³-hybridized carbons (Fsp3) is 0.417. The van der Waals surface area contributed by atoms with Crippen LogP contribution in [0.5, 0.6) is 0 Å². The molecule has 0 spiro atoms. The van der Waals surface area contributed by atoms with Gasteiger partial charge in [0.1, 0.15) is 0 Å². The number of rotatable bonds is 2. The van der Waals surface area contributed by atoms with Crippen molar-refractivity contribution in [2.45, 2.75) is 18.9 Å². The number of hydrogen-bond donors (Lipinski definition) is 2. The van der Waals surface area contributed by atoms with Crippen molar-refractivity contribution in [3.8, 4) is 0 Å². The number of nitrogens with zero attached hydrogens (tertiary/aromatic N) is 1. The zero-order valence-corrected chi connectivity index (χ0v) is 10.9. The Morgan fingerprint density at radius 2 is 2.06 bits per heavy atom. The van der Waals surface area contributed by atoms with E-state index in [4.69, 9.17) is 5.73 Å². The van der Waals surface area contributed by atoms with Crippen molar-refractivity contribution < 1.29 is 8.42 Å². The van der Waals surface area contributed by atoms with Gasteiger partial charge in [-0.3, -0.25) is 0 Å². The van der Waals surface area contributed by atoms with E-state index in [1.54, 1.807) is 0 Å². The summed E-state index contributed by atoms with van der Waals surface area (Å²) in [5.41, 5.74) is 6.61. The molecule has 1 unspecified atom stereocenters. The van der Waals surface area contributed by atoms with E-state index >= 15 is 0 Å². The number of nitrogens with one attached hydrogen (secondary N) is 1. The van der Waals surface area contributed by atoms with Crippen molar-refractivity contribution in [1.29, 1.82) is 0 Å². The predicted octanol–water partition coefficient (Wildman–Crippen LogP) is 0.990. The van der Waals surface area contributed by atoms with Crippen LogP contribution in [0.4, 0.5) is 5.69 Å². The van der Waals surface area contributed by atoms with Crippen molar-refractivity contribution in [2.75, 3.05) is 16.8 Å². The number of aliphatic imine (C=N–C) groups is 1. The van der Waals surface area contributed by atoms with Crippen LogP contribution in [0.2, 0.25) is 0 Å². The maximum absolute atomic E-state index is 11.5. The highest BCUT2D eigenvalue weighted by atomic mass is 32.2. The number of anilines is 1. The van der Waals surface area contributed by atoms with Gasteiger partial charge in [-0.25, -0.2) is 13.4 Å². The summed E-state index contributed by atoms with van der Waals surface area (Å²) in [6.07, 6.45) is 1.44. The molecule has 0 bridgehead atoms. The summed E-state index contributed by atoms with van der Waals surface area (Å²) in [4.78, 5) is 4.23. The quantitative estimate of drug-likeness (QED) is 0.618. The number of nitrogens with two attached hydrogens (primary N) is 1. The number of para-hydroxylation sites is 1. The molecule has 1 heterocycles. The monoisotopic (exact) mass is 267 g/mol. The maximum atomic E-state index is 11.5. The molecule has 1 aromatic carbocycles. The Labute approximate surface area is 107 Å². The fourth-order valence-electron chi connectivity index (χ4n) is 2.00. The highest BCUT2D eigenvalue weighted by Gasteiger charge is 2.24. The lowest BCUT2D eigenvalue weighted by Gasteiger charge is -2.19. The van der Waals surface area contributed by atoms with Gasteiger partial charge in [0.15, 0.2) is 15.8 Å². The van der Waals surface area contributed by atoms with Crippen LogP contribution in [-0.4, -0.2) is 31.9 Å². The minimum absolute atomic E-state index is 0.101. The van der Waals surface area contributed by atoms with E-state index in [-0.39, 0.29) is 23.5 Å². The highest BCUT2D eigenvalue weighted by molar-refractivity contribution is 7.91. The zero-order chi connectivity index (χ0) is 13.0. The summed E-state index contributed by atoms with van der Waals surface area (Å²) in [6, 6.07) is 9.22. The second-order valence-corrected chi connectivity index (χ2v) is 6.64. The molecule has 3 N–H and O–H groups in total. The van der Waals surface area contributed by atoms with E-state index < -0.39 is 9.84 Å². The molecule has 5 nitrogen and oxygen atoms in total. The molecule has 1 saturated heterocycles. The van der Waals surface area contributed by atoms with Gasteiger partial charge >= 0.3 is 0 Å². The van der Waals surface area contributed by atoms with Gasteiger partial charge in [-0.2, -0.15) is 0 Å². The second kappa shape index (κ2) is 5.39. The van der Waals surface area contributed by atoms with E-state index in [2.05, 4.69) is 10.3 Å². The van der Waals surface area contributed by atoms with Crippen LogP contribution >= 0.6 is 0 Å². The summed E-state index contributed by atoms with van der Waals surface area (Å²) in [7, 11) is -2.94. The SMILES string of the molecule is NC(=NC1CCCS(=O)(=O)C1)Nc1ccccc1. The third-order valence-corrected chi connectivity index (χ3v) is 4.61. The van der Waals surface area contributed by atoms with Gasteiger partial charge in [0.25, 0.3) is 0 Å². The molecule has 0 radical (unpaired) electrons. The Balaban J connectivity index is 2.00. The molecule has 1 fully saturated rings. The maximum Gasteiger partial charge on any atom is 0.193 e. The van der Waals surface area contributed by atoms with E-state index in [1.165, 1.54) is 0 Å². The van der Waals surface area contributed by atoms with E-state index in [0.29, 0.717) is 6.42 Å². The minimum Gasteiger partial charge on any atom is -0.370 e. The lowest BCUT2D eigenvalue weighted by molar-refractivity contribution is 0.552. The Bertz CT molecular complexity index is 526. The third-order valence-electron chi connectivity index (χ3n) is 2.81. The Hall–Kier alpha value is -1.56. The van der Waals surface area contributed by atoms with Crippen LogP contribution in [0.3, 0.4) is 0 Å². The molecule has 0 amide bonds. The van der Waals surface area contributed by atoms with Crippen LogP contribution in [-0.2, 0) is 9.84 Å². The summed E-state index contributed by atoms with van der Waals surface area (Å²) in [5, 5.41) is 2.95. The first kappa shape index (κ1) is 12.9. The Kier molecular flexibility index (Phi) is 3.86. The van der Waals surface area contributed by atoms with Crippen LogP contribution in [0, 0.1) is 0 Å². The van der Waals surface area contributed by atoms with Crippen molar-refractivity contribution in [3.63, 3.8) is 0 Å². The summed E-state index contributed by atoms with van der Waals surface area (Å²) in [5.74, 6) is 0.637. The van der Waals surface area contributed by atoms with Gasteiger partial charge in [-0.1, -0.05) is 18.2 Å². The molecule has 1 atom stereocenters. The molecule has 1 aliphatic rings. The number of sulfone groups is 1. The topological polar surface area (TPSA) is 84.5 Å². The van der Waals surface area contributed by atoms with Crippen molar-refractivity contribution in [1.82, 2.24) is 0 Å². The fourth-order valence-corrected chi connectivity index (χ4v) is 3.60. The molecular weight excluding hydrogens is 250 g/mol. The average Bonchev–Trinajstić information content (AvgIpc) is 2.28. The Morgan fingerprint density at radius 1 is 1.33 bits per heavy atom. The second-order valence-electron chi connectivity index (χ2n) is 4.42. The molecule has 98 valence electrons. The van der Waals surface area contributed by atoms with Crippen molar-refractivity contribution in [3.05, 3.63) is 30.3 Å². The van der Waals surface area contributed by atoms with E-state index in [0.717, 1.165) is 12.1 Å². The van der Waals surface area contributed by atoms with E-state index in [1.807, 2.05) is 30.3 Å². The average molecular weight is 267 g/mol. The molecule has 0 aromatic heterocycles. The van der Waals surface area contributed by atoms with Crippen LogP contribution in [0.1, 0.15) is 12.8 Å². The normalized spacial score (nSPS) is 23.6. The number of guanidine groups is 1. The third kappa shape index (κ3) is 3.73. The molecule has 0 aliphatic carbocycles. The number of benzene rings is 1. The van der Waals surface area contributed by atoms with Crippen molar-refractivity contribution >= 4 is 21.5 Å². The summed E-state index contributed by atoms with van der Waals surface area (Å²) < 4.78 is 22.9. The predicted molar refractivity (Wildman–Crippen MR) is 73.4 cm³/mol. The first-order chi connectivity index (χ1) is 8.55. The first-order valence-corrected chi connectivity index (χ1v) is 7.73. The minimum atomic E-state index is -2.94. The lowest BCUT2D eigenvalue weighted by Crippen LogP contribution is -2.32. The summed E-state index contributed by atoms with van der Waals surface area (Å²) in [6.45, 7) is 0.